The largest absolute Gasteiger partial charge is 0.495 e. The van der Waals surface area contributed by atoms with Gasteiger partial charge in [-0.3, -0.25) is 9.78 Å². The number of thiophene rings is 1. The summed E-state index contributed by atoms with van der Waals surface area (Å²) in [5.41, 5.74) is 6.22. The van der Waals surface area contributed by atoms with Crippen LogP contribution in [0.25, 0.3) is 32.0 Å². The Hall–Kier alpha value is -5.07. The molecule has 0 unspecified atom stereocenters. The maximum atomic E-state index is 14.2. The number of hydrogen-bond acceptors (Lipinski definition) is 9. The molecule has 0 saturated carbocycles. The number of carbonyl (C=O) groups excluding carboxylic acids is 1. The van der Waals surface area contributed by atoms with Crippen molar-refractivity contribution in [3.05, 3.63) is 110 Å². The molecule has 1 fully saturated rings. The van der Waals surface area contributed by atoms with Crippen molar-refractivity contribution in [3.8, 4) is 27.6 Å². The molecule has 3 aliphatic rings. The van der Waals surface area contributed by atoms with Crippen LogP contribution in [-0.2, 0) is 19.3 Å². The van der Waals surface area contributed by atoms with Gasteiger partial charge < -0.3 is 19.4 Å². The zero-order valence-electron chi connectivity index (χ0n) is 26.9. The number of halogens is 2. The van der Waals surface area contributed by atoms with Gasteiger partial charge in [0.2, 0.25) is 0 Å². The van der Waals surface area contributed by atoms with E-state index in [4.69, 9.17) is 30.7 Å². The highest BCUT2D eigenvalue weighted by Crippen LogP contribution is 2.51. The van der Waals surface area contributed by atoms with E-state index in [-0.39, 0.29) is 29.7 Å². The number of pyridine rings is 2. The van der Waals surface area contributed by atoms with Crippen LogP contribution in [0.5, 0.6) is 5.75 Å². The van der Waals surface area contributed by atoms with Crippen LogP contribution in [0.15, 0.2) is 63.9 Å². The second-order valence-electron chi connectivity index (χ2n) is 12.8. The van der Waals surface area contributed by atoms with Gasteiger partial charge in [-0.2, -0.15) is 0 Å². The van der Waals surface area contributed by atoms with E-state index in [1.54, 1.807) is 25.4 Å². The van der Waals surface area contributed by atoms with Crippen molar-refractivity contribution in [2.75, 3.05) is 19.0 Å². The fourth-order valence-corrected chi connectivity index (χ4v) is 9.25. The number of aryl methyl sites for hydroxylation is 2. The molecule has 50 heavy (non-hydrogen) atoms. The molecule has 0 spiro atoms. The van der Waals surface area contributed by atoms with Crippen LogP contribution < -0.4 is 15.8 Å². The molecule has 2 atom stereocenters. The van der Waals surface area contributed by atoms with Crippen LogP contribution in [0.4, 0.5) is 10.2 Å². The molecule has 1 saturated heterocycles. The van der Waals surface area contributed by atoms with E-state index in [0.717, 1.165) is 68.8 Å². The predicted octanol–water partition coefficient (Wildman–Crippen LogP) is 7.68. The Kier molecular flexibility index (Phi) is 7.47. The number of fused-ring (bicyclic) bond motifs is 5. The van der Waals surface area contributed by atoms with E-state index < -0.39 is 5.76 Å². The minimum atomic E-state index is -0.704. The fraction of sp³-hybridized carbons (Fsp3) is 0.270. The molecule has 9 rings (SSSR count). The van der Waals surface area contributed by atoms with Crippen LogP contribution in [0.1, 0.15) is 69.8 Å². The zero-order valence-corrected chi connectivity index (χ0v) is 28.5. The number of hydrogen-bond donors (Lipinski definition) is 2. The quantitative estimate of drug-likeness (QED) is 0.165. The van der Waals surface area contributed by atoms with Gasteiger partial charge in [-0.1, -0.05) is 29.8 Å². The Morgan fingerprint density at radius 3 is 2.76 bits per heavy atom. The Labute approximate surface area is 294 Å². The predicted molar refractivity (Wildman–Crippen MR) is 188 cm³/mol. The third-order valence-electron chi connectivity index (χ3n) is 10.1. The minimum absolute atomic E-state index is 0.00528. The molecular formula is C37H30ClFN6O4S. The van der Waals surface area contributed by atoms with Crippen LogP contribution in [0, 0.1) is 5.82 Å². The highest BCUT2D eigenvalue weighted by molar-refractivity contribution is 7.23. The summed E-state index contributed by atoms with van der Waals surface area (Å²) in [4.78, 5) is 39.1. The van der Waals surface area contributed by atoms with Gasteiger partial charge in [-0.05, 0) is 85.4 Å². The fourth-order valence-electron chi connectivity index (χ4n) is 7.83. The second-order valence-corrected chi connectivity index (χ2v) is 14.3. The first kappa shape index (κ1) is 30.9. The highest BCUT2D eigenvalue weighted by Gasteiger charge is 2.45. The topological polar surface area (TPSA) is 126 Å². The lowest BCUT2D eigenvalue weighted by atomic mass is 9.93. The number of ether oxygens (including phenoxy) is 1. The van der Waals surface area contributed by atoms with Crippen molar-refractivity contribution in [1.29, 1.82) is 0 Å². The summed E-state index contributed by atoms with van der Waals surface area (Å²) >= 11 is 7.95. The van der Waals surface area contributed by atoms with Gasteiger partial charge in [0.1, 0.15) is 17.4 Å². The molecule has 1 amide bonds. The molecule has 2 aliphatic heterocycles. The van der Waals surface area contributed by atoms with Crippen molar-refractivity contribution in [2.45, 2.75) is 50.6 Å². The van der Waals surface area contributed by atoms with Crippen LogP contribution >= 0.6 is 22.9 Å². The standard InChI is InChI=1S/C37H30ClFN6O4S/c1-48-32-22-10-13-24(21(22)9-11-23(32)38)42-34-33-19(14-15-40-34)17-27(50-33)29-28(35-43-44-37(47)49-35)25(12-6-18-4-7-20(39)8-5-18)41-31-26-3-2-16-45(26)36(46)30(29)31/h4-5,7-9,11,14-15,17,24,26H,2-3,6,10,12-13,16H2,1H3,(H,40,42)(H,44,47)/t24-,26+/m1/s1. The van der Waals surface area contributed by atoms with E-state index in [1.165, 1.54) is 23.5 Å². The average Bonchev–Trinajstić information content (AvgIpc) is 3.96. The Balaban J connectivity index is 1.20. The summed E-state index contributed by atoms with van der Waals surface area (Å²) < 4.78 is 25.9. The summed E-state index contributed by atoms with van der Waals surface area (Å²) in [6, 6.07) is 14.2. The number of nitrogens with one attached hydrogen (secondary N) is 2. The number of amides is 1. The number of aromatic nitrogens is 4. The Morgan fingerprint density at radius 1 is 1.10 bits per heavy atom. The number of nitrogens with zero attached hydrogens (tertiary/aromatic N) is 4. The summed E-state index contributed by atoms with van der Waals surface area (Å²) in [5.74, 6) is 0.413. The first-order valence-electron chi connectivity index (χ1n) is 16.6. The van der Waals surface area contributed by atoms with E-state index in [2.05, 4.69) is 21.6 Å². The number of H-pyrrole nitrogens is 1. The molecule has 4 aromatic heterocycles. The molecule has 2 aromatic carbocycles. The number of benzene rings is 2. The molecule has 2 N–H and O–H groups in total. The zero-order chi connectivity index (χ0) is 34.1. The monoisotopic (exact) mass is 708 g/mol. The van der Waals surface area contributed by atoms with Crippen molar-refractivity contribution in [2.24, 2.45) is 0 Å². The molecule has 13 heteroatoms. The molecule has 0 radical (unpaired) electrons. The minimum Gasteiger partial charge on any atom is -0.495 e. The smallest absolute Gasteiger partial charge is 0.434 e. The molecule has 252 valence electrons. The number of rotatable bonds is 8. The number of methoxy groups -OCH3 is 1. The summed E-state index contributed by atoms with van der Waals surface area (Å²) in [6.07, 6.45) is 6.18. The third kappa shape index (κ3) is 4.99. The summed E-state index contributed by atoms with van der Waals surface area (Å²) in [7, 11) is 1.64. The highest BCUT2D eigenvalue weighted by atomic mass is 35.5. The Morgan fingerprint density at radius 2 is 1.96 bits per heavy atom. The third-order valence-corrected chi connectivity index (χ3v) is 11.5. The average molecular weight is 709 g/mol. The summed E-state index contributed by atoms with van der Waals surface area (Å²) in [5, 5.41) is 11.9. The normalized spacial score (nSPS) is 17.7. The molecule has 1 aliphatic carbocycles. The van der Waals surface area contributed by atoms with E-state index >= 15 is 0 Å². The van der Waals surface area contributed by atoms with Crippen molar-refractivity contribution in [3.63, 3.8) is 0 Å². The van der Waals surface area contributed by atoms with Crippen LogP contribution in [0.3, 0.4) is 0 Å². The SMILES string of the molecule is COc1c(Cl)ccc2c1CC[C@H]2Nc1nccc2cc(-c3c4c(nc(CCc5ccc(F)cc5)c3-c3n[nH]c(=O)o3)[C@@H]3CCCN3C4=O)sc12. The van der Waals surface area contributed by atoms with Gasteiger partial charge in [0, 0.05) is 28.7 Å². The van der Waals surface area contributed by atoms with Gasteiger partial charge in [-0.15, -0.1) is 16.4 Å². The Bertz CT molecular complexity index is 2390. The lowest BCUT2D eigenvalue weighted by Gasteiger charge is -2.16. The van der Waals surface area contributed by atoms with Gasteiger partial charge in [-0.25, -0.2) is 19.3 Å². The van der Waals surface area contributed by atoms with Crippen LogP contribution in [0.2, 0.25) is 5.02 Å². The molecule has 6 heterocycles. The van der Waals surface area contributed by atoms with Gasteiger partial charge >= 0.3 is 5.76 Å². The molecule has 10 nitrogen and oxygen atoms in total. The number of carbonyl (C=O) groups is 1. The van der Waals surface area contributed by atoms with Crippen LogP contribution in [-0.4, -0.2) is 44.6 Å². The van der Waals surface area contributed by atoms with E-state index in [0.29, 0.717) is 52.5 Å². The maximum Gasteiger partial charge on any atom is 0.434 e. The number of aromatic amines is 1. The summed E-state index contributed by atoms with van der Waals surface area (Å²) in [6.45, 7) is 0.653. The van der Waals surface area contributed by atoms with E-state index in [9.17, 15) is 14.0 Å². The molecule has 0 bridgehead atoms. The second kappa shape index (κ2) is 12.1. The van der Waals surface area contributed by atoms with Crippen molar-refractivity contribution < 1.29 is 18.3 Å². The van der Waals surface area contributed by atoms with Gasteiger partial charge in [0.15, 0.2) is 0 Å². The number of anilines is 1. The van der Waals surface area contributed by atoms with E-state index in [1.807, 2.05) is 23.1 Å². The molecular weight excluding hydrogens is 679 g/mol. The van der Waals surface area contributed by atoms with Crippen molar-refractivity contribution in [1.82, 2.24) is 25.1 Å². The molecule has 6 aromatic rings. The van der Waals surface area contributed by atoms with Gasteiger partial charge in [0.05, 0.1) is 51.4 Å². The first-order chi connectivity index (χ1) is 24.4. The van der Waals surface area contributed by atoms with Gasteiger partial charge in [0.25, 0.3) is 11.8 Å². The lowest BCUT2D eigenvalue weighted by Crippen LogP contribution is -2.22. The lowest BCUT2D eigenvalue weighted by molar-refractivity contribution is 0.0776. The maximum absolute atomic E-state index is 14.2. The first-order valence-corrected chi connectivity index (χ1v) is 17.8. The van der Waals surface area contributed by atoms with Crippen molar-refractivity contribution >= 4 is 44.7 Å².